The molecule has 0 unspecified atom stereocenters. The Morgan fingerprint density at radius 2 is 1.90 bits per heavy atom. The second-order valence-corrected chi connectivity index (χ2v) is 4.73. The Morgan fingerprint density at radius 1 is 1.15 bits per heavy atom. The van der Waals surface area contributed by atoms with Gasteiger partial charge in [-0.05, 0) is 24.3 Å². The number of hydrogen-bond donors (Lipinski definition) is 1. The summed E-state index contributed by atoms with van der Waals surface area (Å²) in [6, 6.07) is 11.5. The highest BCUT2D eigenvalue weighted by molar-refractivity contribution is 6.18. The Balaban J connectivity index is 2.18. The first-order chi connectivity index (χ1) is 9.58. The molecule has 0 bridgehead atoms. The summed E-state index contributed by atoms with van der Waals surface area (Å²) >= 11 is 0. The lowest BCUT2D eigenvalue weighted by molar-refractivity contribution is 0.104. The average Bonchev–Trinajstić information content (AvgIpc) is 2.76. The van der Waals surface area contributed by atoms with Crippen LogP contribution in [0.15, 0.2) is 48.7 Å². The largest absolute Gasteiger partial charge is 0.398 e. The quantitative estimate of drug-likeness (QED) is 0.573. The van der Waals surface area contributed by atoms with Crippen molar-refractivity contribution in [2.24, 2.45) is 7.05 Å². The van der Waals surface area contributed by atoms with Crippen LogP contribution in [0.2, 0.25) is 0 Å². The number of benzene rings is 2. The van der Waals surface area contributed by atoms with Gasteiger partial charge in [0.2, 0.25) is 0 Å². The number of aromatic nitrogens is 1. The molecule has 0 saturated heterocycles. The van der Waals surface area contributed by atoms with Crippen LogP contribution < -0.4 is 5.73 Å². The predicted octanol–water partition coefficient (Wildman–Crippen LogP) is 3.13. The first-order valence-corrected chi connectivity index (χ1v) is 6.21. The highest BCUT2D eigenvalue weighted by atomic mass is 19.1. The fourth-order valence-corrected chi connectivity index (χ4v) is 2.41. The van der Waals surface area contributed by atoms with Crippen LogP contribution in [-0.2, 0) is 7.05 Å². The minimum absolute atomic E-state index is 0.155. The molecule has 0 amide bonds. The third-order valence-electron chi connectivity index (χ3n) is 3.40. The topological polar surface area (TPSA) is 48.0 Å². The average molecular weight is 268 g/mol. The van der Waals surface area contributed by atoms with Gasteiger partial charge >= 0.3 is 0 Å². The van der Waals surface area contributed by atoms with Crippen LogP contribution in [0.5, 0.6) is 0 Å². The SMILES string of the molecule is Cn1cc(C(=O)c2ccc(F)cc2N)c2ccccc21. The number of halogens is 1. The number of nitrogens with two attached hydrogens (primary N) is 1. The summed E-state index contributed by atoms with van der Waals surface area (Å²) in [5.41, 5.74) is 7.76. The van der Waals surface area contributed by atoms with E-state index in [1.54, 1.807) is 6.20 Å². The summed E-state index contributed by atoms with van der Waals surface area (Å²) in [6.45, 7) is 0. The maximum atomic E-state index is 13.1. The van der Waals surface area contributed by atoms with E-state index >= 15 is 0 Å². The summed E-state index contributed by atoms with van der Waals surface area (Å²) in [6.07, 6.45) is 1.77. The summed E-state index contributed by atoms with van der Waals surface area (Å²) in [5.74, 6) is -0.642. The molecule has 20 heavy (non-hydrogen) atoms. The number of nitrogen functional groups attached to an aromatic ring is 1. The van der Waals surface area contributed by atoms with Gasteiger partial charge in [0, 0.05) is 41.0 Å². The Morgan fingerprint density at radius 3 is 2.65 bits per heavy atom. The van der Waals surface area contributed by atoms with Gasteiger partial charge in [0.05, 0.1) is 0 Å². The van der Waals surface area contributed by atoms with Crippen LogP contribution >= 0.6 is 0 Å². The molecule has 3 aromatic rings. The molecule has 3 nitrogen and oxygen atoms in total. The van der Waals surface area contributed by atoms with Crippen LogP contribution in [0, 0.1) is 5.82 Å². The molecule has 1 heterocycles. The van der Waals surface area contributed by atoms with Crippen LogP contribution in [-0.4, -0.2) is 10.4 Å². The highest BCUT2D eigenvalue weighted by Gasteiger charge is 2.17. The molecule has 4 heteroatoms. The molecule has 0 radical (unpaired) electrons. The van der Waals surface area contributed by atoms with Gasteiger partial charge in [-0.15, -0.1) is 0 Å². The second-order valence-electron chi connectivity index (χ2n) is 4.73. The van der Waals surface area contributed by atoms with Crippen molar-refractivity contribution in [2.45, 2.75) is 0 Å². The van der Waals surface area contributed by atoms with E-state index in [1.165, 1.54) is 18.2 Å². The minimum Gasteiger partial charge on any atom is -0.398 e. The number of hydrogen-bond acceptors (Lipinski definition) is 2. The van der Waals surface area contributed by atoms with Crippen LogP contribution in [0.4, 0.5) is 10.1 Å². The van der Waals surface area contributed by atoms with Gasteiger partial charge in [0.15, 0.2) is 5.78 Å². The number of carbonyl (C=O) groups is 1. The van der Waals surface area contributed by atoms with E-state index in [2.05, 4.69) is 0 Å². The van der Waals surface area contributed by atoms with E-state index in [0.29, 0.717) is 11.1 Å². The van der Waals surface area contributed by atoms with Crippen molar-refractivity contribution in [3.8, 4) is 0 Å². The van der Waals surface area contributed by atoms with E-state index in [4.69, 9.17) is 5.73 Å². The maximum Gasteiger partial charge on any atom is 0.197 e. The van der Waals surface area contributed by atoms with Gasteiger partial charge in [0.1, 0.15) is 5.82 Å². The zero-order valence-corrected chi connectivity index (χ0v) is 10.9. The second kappa shape index (κ2) is 4.49. The lowest BCUT2D eigenvalue weighted by atomic mass is 10.0. The summed E-state index contributed by atoms with van der Waals surface area (Å²) in [7, 11) is 1.88. The van der Waals surface area contributed by atoms with E-state index in [-0.39, 0.29) is 11.5 Å². The number of nitrogens with zero attached hydrogens (tertiary/aromatic N) is 1. The number of carbonyl (C=O) groups excluding carboxylic acids is 1. The van der Waals surface area contributed by atoms with Crippen molar-refractivity contribution in [1.29, 1.82) is 0 Å². The molecule has 0 aliphatic carbocycles. The van der Waals surface area contributed by atoms with Crippen molar-refractivity contribution in [1.82, 2.24) is 4.57 Å². The van der Waals surface area contributed by atoms with Crippen LogP contribution in [0.1, 0.15) is 15.9 Å². The van der Waals surface area contributed by atoms with Crippen molar-refractivity contribution in [3.63, 3.8) is 0 Å². The zero-order valence-electron chi connectivity index (χ0n) is 10.9. The van der Waals surface area contributed by atoms with E-state index in [0.717, 1.165) is 10.9 Å². The monoisotopic (exact) mass is 268 g/mol. The Bertz CT molecular complexity index is 820. The first-order valence-electron chi connectivity index (χ1n) is 6.21. The predicted molar refractivity (Wildman–Crippen MR) is 77.2 cm³/mol. The minimum atomic E-state index is -0.447. The molecule has 0 saturated carbocycles. The highest BCUT2D eigenvalue weighted by Crippen LogP contribution is 2.25. The number of aryl methyl sites for hydroxylation is 1. The third kappa shape index (κ3) is 1.86. The smallest absolute Gasteiger partial charge is 0.197 e. The summed E-state index contributed by atoms with van der Waals surface area (Å²) < 4.78 is 15.0. The molecule has 2 N–H and O–H groups in total. The number of para-hydroxylation sites is 1. The number of rotatable bonds is 2. The molecular formula is C16H13FN2O. The normalized spacial score (nSPS) is 10.9. The molecule has 3 rings (SSSR count). The number of fused-ring (bicyclic) bond motifs is 1. The Kier molecular flexibility index (Phi) is 2.79. The van der Waals surface area contributed by atoms with Gasteiger partial charge in [-0.3, -0.25) is 4.79 Å². The number of ketones is 1. The van der Waals surface area contributed by atoms with Crippen molar-refractivity contribution in [2.75, 3.05) is 5.73 Å². The van der Waals surface area contributed by atoms with Crippen LogP contribution in [0.25, 0.3) is 10.9 Å². The first kappa shape index (κ1) is 12.4. The number of anilines is 1. The van der Waals surface area contributed by atoms with Gasteiger partial charge in [-0.25, -0.2) is 4.39 Å². The van der Waals surface area contributed by atoms with Crippen molar-refractivity contribution in [3.05, 3.63) is 65.6 Å². The Labute approximate surface area is 115 Å². The summed E-state index contributed by atoms with van der Waals surface area (Å²) in [4.78, 5) is 12.6. The molecule has 0 aliphatic heterocycles. The maximum absolute atomic E-state index is 13.1. The van der Waals surface area contributed by atoms with Crippen molar-refractivity contribution < 1.29 is 9.18 Å². The molecule has 0 spiro atoms. The standard InChI is InChI=1S/C16H13FN2O/c1-19-9-13(11-4-2-3-5-15(11)19)16(20)12-7-6-10(17)8-14(12)18/h2-9H,18H2,1H3. The molecule has 100 valence electrons. The molecule has 1 aromatic heterocycles. The van der Waals surface area contributed by atoms with Gasteiger partial charge in [-0.2, -0.15) is 0 Å². The molecule has 0 aliphatic rings. The van der Waals surface area contributed by atoms with E-state index in [1.807, 2.05) is 35.9 Å². The molecule has 0 atom stereocenters. The summed E-state index contributed by atoms with van der Waals surface area (Å²) in [5, 5.41) is 0.865. The van der Waals surface area contributed by atoms with Crippen molar-refractivity contribution >= 4 is 22.4 Å². The molecule has 0 fully saturated rings. The fourth-order valence-electron chi connectivity index (χ4n) is 2.41. The fraction of sp³-hybridized carbons (Fsp3) is 0.0625. The lowest BCUT2D eigenvalue weighted by Gasteiger charge is -2.04. The molecular weight excluding hydrogens is 255 g/mol. The zero-order chi connectivity index (χ0) is 14.3. The van der Waals surface area contributed by atoms with Crippen LogP contribution in [0.3, 0.4) is 0 Å². The third-order valence-corrected chi connectivity index (χ3v) is 3.40. The molecule has 2 aromatic carbocycles. The van der Waals surface area contributed by atoms with E-state index in [9.17, 15) is 9.18 Å². The Hall–Kier alpha value is -2.62. The lowest BCUT2D eigenvalue weighted by Crippen LogP contribution is -2.05. The van der Waals surface area contributed by atoms with Gasteiger partial charge < -0.3 is 10.3 Å². The van der Waals surface area contributed by atoms with E-state index < -0.39 is 5.82 Å². The van der Waals surface area contributed by atoms with Gasteiger partial charge in [0.25, 0.3) is 0 Å². The van der Waals surface area contributed by atoms with Gasteiger partial charge in [-0.1, -0.05) is 18.2 Å².